The molecule has 0 amide bonds. The van der Waals surface area contributed by atoms with Crippen LogP contribution >= 0.6 is 11.8 Å². The molecule has 2 N–H and O–H groups in total. The van der Waals surface area contributed by atoms with Crippen LogP contribution in [0.1, 0.15) is 18.9 Å². The quantitative estimate of drug-likeness (QED) is 0.912. The van der Waals surface area contributed by atoms with E-state index in [0.717, 1.165) is 18.2 Å². The summed E-state index contributed by atoms with van der Waals surface area (Å²) in [7, 11) is 0. The summed E-state index contributed by atoms with van der Waals surface area (Å²) in [5.74, 6) is -1.14. The van der Waals surface area contributed by atoms with E-state index >= 15 is 0 Å². The summed E-state index contributed by atoms with van der Waals surface area (Å²) in [6.45, 7) is 1.95. The summed E-state index contributed by atoms with van der Waals surface area (Å²) in [5.41, 5.74) is 6.39. The van der Waals surface area contributed by atoms with Crippen LogP contribution in [0.25, 0.3) is 0 Å². The van der Waals surface area contributed by atoms with Crippen molar-refractivity contribution < 1.29 is 8.78 Å². The molecule has 0 aliphatic carbocycles. The highest BCUT2D eigenvalue weighted by Crippen LogP contribution is 2.31. The van der Waals surface area contributed by atoms with Crippen LogP contribution in [-0.2, 0) is 6.42 Å². The van der Waals surface area contributed by atoms with Crippen molar-refractivity contribution in [1.29, 1.82) is 0 Å². The third-order valence-electron chi connectivity index (χ3n) is 2.92. The van der Waals surface area contributed by atoms with Crippen LogP contribution in [-0.4, -0.2) is 11.0 Å². The zero-order valence-electron chi connectivity index (χ0n) is 11.1. The van der Waals surface area contributed by atoms with E-state index in [2.05, 4.69) is 4.98 Å². The Bertz CT molecular complexity index is 552. The highest BCUT2D eigenvalue weighted by molar-refractivity contribution is 7.99. The van der Waals surface area contributed by atoms with Crippen LogP contribution < -0.4 is 5.73 Å². The van der Waals surface area contributed by atoms with Gasteiger partial charge in [0.2, 0.25) is 0 Å². The highest BCUT2D eigenvalue weighted by atomic mass is 32.2. The molecular weight excluding hydrogens is 278 g/mol. The Balaban J connectivity index is 2.23. The van der Waals surface area contributed by atoms with Gasteiger partial charge < -0.3 is 5.73 Å². The van der Waals surface area contributed by atoms with Gasteiger partial charge >= 0.3 is 0 Å². The lowest BCUT2D eigenvalue weighted by Gasteiger charge is -2.11. The van der Waals surface area contributed by atoms with Gasteiger partial charge in [-0.1, -0.05) is 24.8 Å². The molecule has 0 aliphatic heterocycles. The summed E-state index contributed by atoms with van der Waals surface area (Å²) in [6, 6.07) is 7.87. The number of nitrogens with zero attached hydrogens (tertiary/aromatic N) is 1. The van der Waals surface area contributed by atoms with Crippen LogP contribution in [0.5, 0.6) is 0 Å². The lowest BCUT2D eigenvalue weighted by molar-refractivity contribution is 0.533. The zero-order valence-corrected chi connectivity index (χ0v) is 12.0. The Hall–Kier alpha value is -1.46. The van der Waals surface area contributed by atoms with Crippen molar-refractivity contribution in [2.45, 2.75) is 35.7 Å². The van der Waals surface area contributed by atoms with Crippen molar-refractivity contribution in [1.82, 2.24) is 4.98 Å². The first-order valence-corrected chi connectivity index (χ1v) is 7.24. The zero-order chi connectivity index (χ0) is 14.5. The van der Waals surface area contributed by atoms with Gasteiger partial charge in [0, 0.05) is 12.2 Å². The first kappa shape index (κ1) is 14.9. The number of benzene rings is 1. The molecule has 5 heteroatoms. The molecule has 0 radical (unpaired) electrons. The van der Waals surface area contributed by atoms with Crippen LogP contribution in [0, 0.1) is 11.6 Å². The van der Waals surface area contributed by atoms with Crippen molar-refractivity contribution in [3.05, 3.63) is 53.7 Å². The summed E-state index contributed by atoms with van der Waals surface area (Å²) in [6.07, 6.45) is 2.83. The Morgan fingerprint density at radius 1 is 1.25 bits per heavy atom. The smallest absolute Gasteiger partial charge is 0.140 e. The average molecular weight is 294 g/mol. The maximum Gasteiger partial charge on any atom is 0.140 e. The van der Waals surface area contributed by atoms with Gasteiger partial charge in [-0.3, -0.25) is 0 Å². The molecule has 1 atom stereocenters. The Labute approximate surface area is 121 Å². The van der Waals surface area contributed by atoms with E-state index in [1.54, 1.807) is 24.4 Å². The standard InChI is InChI=1S/C15H16F2N2S/c1-2-11(18)7-10-8-12(16)15(13(17)9-10)20-14-5-3-4-6-19-14/h3-6,8-9,11H,2,7,18H2,1H3. The summed E-state index contributed by atoms with van der Waals surface area (Å²) < 4.78 is 28.0. The van der Waals surface area contributed by atoms with Gasteiger partial charge in [-0.2, -0.15) is 0 Å². The largest absolute Gasteiger partial charge is 0.327 e. The van der Waals surface area contributed by atoms with E-state index in [1.165, 1.54) is 12.1 Å². The van der Waals surface area contributed by atoms with Gasteiger partial charge in [0.25, 0.3) is 0 Å². The van der Waals surface area contributed by atoms with Gasteiger partial charge in [0.1, 0.15) is 16.7 Å². The molecule has 1 aromatic carbocycles. The predicted octanol–water partition coefficient (Wildman–Crippen LogP) is 3.79. The molecule has 2 rings (SSSR count). The van der Waals surface area contributed by atoms with Gasteiger partial charge in [-0.15, -0.1) is 0 Å². The molecule has 20 heavy (non-hydrogen) atoms. The second kappa shape index (κ2) is 6.81. The molecule has 1 aromatic heterocycles. The van der Waals surface area contributed by atoms with E-state index < -0.39 is 11.6 Å². The monoisotopic (exact) mass is 294 g/mol. The predicted molar refractivity (Wildman–Crippen MR) is 76.7 cm³/mol. The van der Waals surface area contributed by atoms with Crippen LogP contribution in [0.4, 0.5) is 8.78 Å². The summed E-state index contributed by atoms with van der Waals surface area (Å²) in [4.78, 5) is 4.02. The Morgan fingerprint density at radius 3 is 2.50 bits per heavy atom. The fourth-order valence-electron chi connectivity index (χ4n) is 1.79. The molecule has 0 spiro atoms. The highest BCUT2D eigenvalue weighted by Gasteiger charge is 2.14. The molecular formula is C15H16F2N2S. The molecule has 2 nitrogen and oxygen atoms in total. The minimum atomic E-state index is -0.570. The molecule has 0 aliphatic rings. The van der Waals surface area contributed by atoms with Gasteiger partial charge in [-0.05, 0) is 42.7 Å². The van der Waals surface area contributed by atoms with E-state index in [-0.39, 0.29) is 10.9 Å². The maximum atomic E-state index is 14.0. The molecule has 0 bridgehead atoms. The normalized spacial score (nSPS) is 12.4. The van der Waals surface area contributed by atoms with Crippen LogP contribution in [0.15, 0.2) is 46.5 Å². The maximum absolute atomic E-state index is 14.0. The third-order valence-corrected chi connectivity index (χ3v) is 3.97. The topological polar surface area (TPSA) is 38.9 Å². The lowest BCUT2D eigenvalue weighted by Crippen LogP contribution is -2.21. The Morgan fingerprint density at radius 2 is 1.95 bits per heavy atom. The molecule has 1 unspecified atom stereocenters. The lowest BCUT2D eigenvalue weighted by atomic mass is 10.0. The second-order valence-corrected chi connectivity index (χ2v) is 5.56. The van der Waals surface area contributed by atoms with Crippen molar-refractivity contribution in [3.8, 4) is 0 Å². The number of hydrogen-bond donors (Lipinski definition) is 1. The van der Waals surface area contributed by atoms with E-state index in [9.17, 15) is 8.78 Å². The molecule has 1 heterocycles. The summed E-state index contributed by atoms with van der Waals surface area (Å²) >= 11 is 0.982. The van der Waals surface area contributed by atoms with E-state index in [0.29, 0.717) is 17.0 Å². The van der Waals surface area contributed by atoms with Crippen molar-refractivity contribution >= 4 is 11.8 Å². The second-order valence-electron chi connectivity index (χ2n) is 4.53. The number of nitrogens with two attached hydrogens (primary N) is 1. The number of aromatic nitrogens is 1. The van der Waals surface area contributed by atoms with Crippen LogP contribution in [0.3, 0.4) is 0 Å². The average Bonchev–Trinajstić information content (AvgIpc) is 2.44. The molecule has 2 aromatic rings. The molecule has 106 valence electrons. The fraction of sp³-hybridized carbons (Fsp3) is 0.267. The molecule has 0 saturated heterocycles. The number of hydrogen-bond acceptors (Lipinski definition) is 3. The van der Waals surface area contributed by atoms with Gasteiger partial charge in [-0.25, -0.2) is 13.8 Å². The number of pyridine rings is 1. The molecule has 0 fully saturated rings. The van der Waals surface area contributed by atoms with E-state index in [4.69, 9.17) is 5.73 Å². The summed E-state index contributed by atoms with van der Waals surface area (Å²) in [5, 5.41) is 0.559. The van der Waals surface area contributed by atoms with E-state index in [1.807, 2.05) is 6.92 Å². The van der Waals surface area contributed by atoms with Crippen molar-refractivity contribution in [3.63, 3.8) is 0 Å². The van der Waals surface area contributed by atoms with Crippen molar-refractivity contribution in [2.75, 3.05) is 0 Å². The van der Waals surface area contributed by atoms with Gasteiger partial charge in [0.15, 0.2) is 0 Å². The SMILES string of the molecule is CCC(N)Cc1cc(F)c(Sc2ccccn2)c(F)c1. The number of rotatable bonds is 5. The minimum absolute atomic E-state index is 0.0301. The fourth-order valence-corrected chi connectivity index (χ4v) is 2.57. The van der Waals surface area contributed by atoms with Crippen LogP contribution in [0.2, 0.25) is 0 Å². The first-order chi connectivity index (χ1) is 9.60. The van der Waals surface area contributed by atoms with Crippen molar-refractivity contribution in [2.24, 2.45) is 5.73 Å². The third kappa shape index (κ3) is 3.77. The minimum Gasteiger partial charge on any atom is -0.327 e. The number of halogens is 2. The molecule has 0 saturated carbocycles. The first-order valence-electron chi connectivity index (χ1n) is 6.42. The Kier molecular flexibility index (Phi) is 5.09. The van der Waals surface area contributed by atoms with Gasteiger partial charge in [0.05, 0.1) is 4.90 Å².